The Kier molecular flexibility index (Phi) is 3.63. The fourth-order valence-electron chi connectivity index (χ4n) is 1.32. The van der Waals surface area contributed by atoms with Crippen LogP contribution in [0.2, 0.25) is 0 Å². The molecule has 2 nitrogen and oxygen atoms in total. The molecule has 0 amide bonds. The number of nitrogens with two attached hydrogens (primary N) is 1. The molecule has 0 aliphatic carbocycles. The van der Waals surface area contributed by atoms with Gasteiger partial charge in [0.15, 0.2) is 0 Å². The number of aryl methyl sites for hydroxylation is 2. The summed E-state index contributed by atoms with van der Waals surface area (Å²) < 4.78 is 0. The third-order valence-electron chi connectivity index (χ3n) is 1.96. The van der Waals surface area contributed by atoms with Crippen molar-refractivity contribution < 1.29 is 0 Å². The number of thiazole rings is 1. The average molecular weight is 196 g/mol. The molecule has 0 spiro atoms. The van der Waals surface area contributed by atoms with Gasteiger partial charge >= 0.3 is 0 Å². The molecular formula is C10H16N2S. The zero-order valence-corrected chi connectivity index (χ0v) is 9.03. The van der Waals surface area contributed by atoms with Gasteiger partial charge in [0, 0.05) is 10.9 Å². The molecule has 3 heteroatoms. The lowest BCUT2D eigenvalue weighted by molar-refractivity contribution is 0.667. The van der Waals surface area contributed by atoms with Gasteiger partial charge < -0.3 is 5.73 Å². The van der Waals surface area contributed by atoms with E-state index in [1.54, 1.807) is 11.3 Å². The molecule has 1 unspecified atom stereocenters. The van der Waals surface area contributed by atoms with E-state index in [1.807, 2.05) is 19.9 Å². The molecule has 1 atom stereocenters. The van der Waals surface area contributed by atoms with Gasteiger partial charge in [-0.05, 0) is 26.7 Å². The molecule has 0 saturated carbocycles. The Bertz CT molecular complexity index is 291. The topological polar surface area (TPSA) is 38.9 Å². The Morgan fingerprint density at radius 2 is 2.31 bits per heavy atom. The van der Waals surface area contributed by atoms with Crippen molar-refractivity contribution in [3.63, 3.8) is 0 Å². The Morgan fingerprint density at radius 3 is 2.77 bits per heavy atom. The van der Waals surface area contributed by atoms with Crippen LogP contribution in [0.3, 0.4) is 0 Å². The van der Waals surface area contributed by atoms with Crippen LogP contribution in [0.4, 0.5) is 0 Å². The second-order valence-corrected chi connectivity index (χ2v) is 4.39. The lowest BCUT2D eigenvalue weighted by Gasteiger charge is -2.07. The summed E-state index contributed by atoms with van der Waals surface area (Å²) in [6.45, 7) is 7.72. The predicted molar refractivity (Wildman–Crippen MR) is 57.9 cm³/mol. The Hall–Kier alpha value is -0.670. The minimum Gasteiger partial charge on any atom is -0.323 e. The van der Waals surface area contributed by atoms with Gasteiger partial charge in [-0.25, -0.2) is 4.98 Å². The van der Waals surface area contributed by atoms with Crippen LogP contribution in [-0.4, -0.2) is 4.98 Å². The molecule has 0 aromatic carbocycles. The summed E-state index contributed by atoms with van der Waals surface area (Å²) in [5.41, 5.74) is 7.10. The van der Waals surface area contributed by atoms with E-state index in [4.69, 9.17) is 5.73 Å². The summed E-state index contributed by atoms with van der Waals surface area (Å²) in [5, 5.41) is 1.10. The van der Waals surface area contributed by atoms with Gasteiger partial charge in [0.05, 0.1) is 10.7 Å². The van der Waals surface area contributed by atoms with E-state index in [9.17, 15) is 0 Å². The lowest BCUT2D eigenvalue weighted by Crippen LogP contribution is -2.09. The molecule has 2 N–H and O–H groups in total. The maximum Gasteiger partial charge on any atom is 0.0900 e. The third kappa shape index (κ3) is 2.64. The van der Waals surface area contributed by atoms with Crippen molar-refractivity contribution in [1.29, 1.82) is 0 Å². The van der Waals surface area contributed by atoms with Crippen LogP contribution in [0, 0.1) is 13.8 Å². The lowest BCUT2D eigenvalue weighted by atomic mass is 10.1. The molecule has 1 heterocycles. The summed E-state index contributed by atoms with van der Waals surface area (Å²) in [6, 6.07) is 0.129. The smallest absolute Gasteiger partial charge is 0.0900 e. The molecule has 0 bridgehead atoms. The van der Waals surface area contributed by atoms with Crippen molar-refractivity contribution in [3.05, 3.63) is 28.2 Å². The Labute approximate surface area is 83.5 Å². The molecule has 0 fully saturated rings. The molecule has 1 aromatic heterocycles. The van der Waals surface area contributed by atoms with Crippen molar-refractivity contribution in [2.75, 3.05) is 0 Å². The third-order valence-corrected chi connectivity index (χ3v) is 3.16. The van der Waals surface area contributed by atoms with Gasteiger partial charge in [-0.3, -0.25) is 0 Å². The van der Waals surface area contributed by atoms with Crippen molar-refractivity contribution in [2.24, 2.45) is 5.73 Å². The van der Waals surface area contributed by atoms with Crippen LogP contribution in [-0.2, 0) is 0 Å². The summed E-state index contributed by atoms with van der Waals surface area (Å²) in [6.07, 6.45) is 3.84. The Balaban J connectivity index is 2.69. The maximum absolute atomic E-state index is 6.02. The molecule has 1 aromatic rings. The van der Waals surface area contributed by atoms with E-state index in [1.165, 1.54) is 4.88 Å². The van der Waals surface area contributed by atoms with E-state index < -0.39 is 0 Å². The average Bonchev–Trinajstić information content (AvgIpc) is 2.41. The highest BCUT2D eigenvalue weighted by molar-refractivity contribution is 7.11. The van der Waals surface area contributed by atoms with E-state index in [0.29, 0.717) is 0 Å². The second kappa shape index (κ2) is 4.53. The molecule has 1 rings (SSSR count). The molecule has 0 radical (unpaired) electrons. The summed E-state index contributed by atoms with van der Waals surface area (Å²) in [5.74, 6) is 0. The fourth-order valence-corrected chi connectivity index (χ4v) is 2.28. The first-order valence-electron chi connectivity index (χ1n) is 4.45. The van der Waals surface area contributed by atoms with Gasteiger partial charge in [-0.2, -0.15) is 0 Å². The van der Waals surface area contributed by atoms with E-state index in [2.05, 4.69) is 11.6 Å². The van der Waals surface area contributed by atoms with Gasteiger partial charge in [0.1, 0.15) is 0 Å². The number of hydrogen-bond acceptors (Lipinski definition) is 3. The molecule has 0 aliphatic rings. The van der Waals surface area contributed by atoms with Gasteiger partial charge in [-0.1, -0.05) is 6.08 Å². The standard InChI is InChI=1S/C10H16N2S/c1-4-5-6-9(11)10-7(2)12-8(3)13-10/h4,9H,1,5-6,11H2,2-3H3. The molecular weight excluding hydrogens is 180 g/mol. The maximum atomic E-state index is 6.02. The highest BCUT2D eigenvalue weighted by atomic mass is 32.1. The number of nitrogens with zero attached hydrogens (tertiary/aromatic N) is 1. The first-order chi connectivity index (χ1) is 6.15. The summed E-state index contributed by atoms with van der Waals surface area (Å²) in [7, 11) is 0. The normalized spacial score (nSPS) is 12.8. The van der Waals surface area contributed by atoms with Gasteiger partial charge in [0.2, 0.25) is 0 Å². The van der Waals surface area contributed by atoms with Gasteiger partial charge in [-0.15, -0.1) is 17.9 Å². The van der Waals surface area contributed by atoms with E-state index in [-0.39, 0.29) is 6.04 Å². The highest BCUT2D eigenvalue weighted by Crippen LogP contribution is 2.25. The zero-order chi connectivity index (χ0) is 9.84. The van der Waals surface area contributed by atoms with Crippen molar-refractivity contribution in [3.8, 4) is 0 Å². The largest absolute Gasteiger partial charge is 0.323 e. The van der Waals surface area contributed by atoms with E-state index >= 15 is 0 Å². The van der Waals surface area contributed by atoms with Gasteiger partial charge in [0.25, 0.3) is 0 Å². The summed E-state index contributed by atoms with van der Waals surface area (Å²) in [4.78, 5) is 5.57. The molecule has 0 aliphatic heterocycles. The van der Waals surface area contributed by atoms with Crippen LogP contribution in [0.25, 0.3) is 0 Å². The number of aromatic nitrogens is 1. The highest BCUT2D eigenvalue weighted by Gasteiger charge is 2.11. The number of rotatable bonds is 4. The van der Waals surface area contributed by atoms with Crippen LogP contribution >= 0.6 is 11.3 Å². The second-order valence-electron chi connectivity index (χ2n) is 3.16. The minimum absolute atomic E-state index is 0.129. The van der Waals surface area contributed by atoms with Crippen molar-refractivity contribution in [2.45, 2.75) is 32.7 Å². The Morgan fingerprint density at radius 1 is 1.62 bits per heavy atom. The van der Waals surface area contributed by atoms with Crippen LogP contribution in [0.5, 0.6) is 0 Å². The SMILES string of the molecule is C=CCCC(N)c1sc(C)nc1C. The first kappa shape index (κ1) is 10.4. The quantitative estimate of drug-likeness (QED) is 0.752. The number of hydrogen-bond donors (Lipinski definition) is 1. The first-order valence-corrected chi connectivity index (χ1v) is 5.27. The molecule has 72 valence electrons. The van der Waals surface area contributed by atoms with E-state index in [0.717, 1.165) is 23.5 Å². The fraction of sp³-hybridized carbons (Fsp3) is 0.500. The summed E-state index contributed by atoms with van der Waals surface area (Å²) >= 11 is 1.70. The molecule has 0 saturated heterocycles. The predicted octanol–water partition coefficient (Wildman–Crippen LogP) is 2.73. The zero-order valence-electron chi connectivity index (χ0n) is 8.21. The van der Waals surface area contributed by atoms with Crippen molar-refractivity contribution >= 4 is 11.3 Å². The number of allylic oxidation sites excluding steroid dienone is 1. The van der Waals surface area contributed by atoms with Crippen molar-refractivity contribution in [1.82, 2.24) is 4.98 Å². The van der Waals surface area contributed by atoms with Crippen LogP contribution < -0.4 is 5.73 Å². The van der Waals surface area contributed by atoms with Crippen LogP contribution in [0.1, 0.15) is 34.5 Å². The minimum atomic E-state index is 0.129. The monoisotopic (exact) mass is 196 g/mol. The van der Waals surface area contributed by atoms with Crippen LogP contribution in [0.15, 0.2) is 12.7 Å². The molecule has 13 heavy (non-hydrogen) atoms.